The van der Waals surface area contributed by atoms with Crippen molar-refractivity contribution < 1.29 is 4.74 Å². The second kappa shape index (κ2) is 9.45. The topological polar surface area (TPSA) is 28.1 Å². The van der Waals surface area contributed by atoms with Crippen molar-refractivity contribution >= 4 is 5.96 Å². The van der Waals surface area contributed by atoms with E-state index in [-0.39, 0.29) is 0 Å². The second-order valence-electron chi connectivity index (χ2n) is 5.21. The summed E-state index contributed by atoms with van der Waals surface area (Å²) < 4.78 is 5.45. The fourth-order valence-electron chi connectivity index (χ4n) is 2.22. The summed E-state index contributed by atoms with van der Waals surface area (Å²) in [7, 11) is 2.13. The van der Waals surface area contributed by atoms with Crippen molar-refractivity contribution in [3.8, 4) is 0 Å². The van der Waals surface area contributed by atoms with Crippen molar-refractivity contribution in [3.63, 3.8) is 0 Å². The monoisotopic (exact) mass is 279 g/mol. The van der Waals surface area contributed by atoms with Crippen LogP contribution in [0.2, 0.25) is 0 Å². The van der Waals surface area contributed by atoms with E-state index in [2.05, 4.69) is 30.4 Å². The van der Waals surface area contributed by atoms with Crippen LogP contribution in [0.4, 0.5) is 0 Å². The van der Waals surface area contributed by atoms with E-state index in [1.165, 1.54) is 19.3 Å². The first-order chi connectivity index (χ1) is 9.69. The van der Waals surface area contributed by atoms with Gasteiger partial charge in [0.05, 0.1) is 12.8 Å². The Kier molecular flexibility index (Phi) is 7.85. The molecule has 0 fully saturated rings. The van der Waals surface area contributed by atoms with E-state index in [1.807, 2.05) is 13.0 Å². The van der Waals surface area contributed by atoms with Crippen molar-refractivity contribution in [2.24, 2.45) is 4.99 Å². The van der Waals surface area contributed by atoms with Gasteiger partial charge in [-0.3, -0.25) is 4.99 Å². The van der Waals surface area contributed by atoms with Crippen LogP contribution in [-0.2, 0) is 4.74 Å². The minimum atomic E-state index is 0.708. The fraction of sp³-hybridized carbons (Fsp3) is 0.688. The van der Waals surface area contributed by atoms with E-state index >= 15 is 0 Å². The maximum absolute atomic E-state index is 5.45. The molecule has 20 heavy (non-hydrogen) atoms. The summed E-state index contributed by atoms with van der Waals surface area (Å²) in [6.07, 6.45) is 8.27. The lowest BCUT2D eigenvalue weighted by atomic mass is 10.3. The van der Waals surface area contributed by atoms with E-state index in [1.54, 1.807) is 6.26 Å². The van der Waals surface area contributed by atoms with Gasteiger partial charge in [-0.15, -0.1) is 0 Å². The number of nitrogens with zero attached hydrogens (tertiary/aromatic N) is 3. The van der Waals surface area contributed by atoms with Gasteiger partial charge in [0.25, 0.3) is 0 Å². The number of rotatable bonds is 7. The molecule has 1 aliphatic heterocycles. The first-order valence-electron chi connectivity index (χ1n) is 7.65. The molecule has 0 saturated carbocycles. The molecule has 0 bridgehead atoms. The Morgan fingerprint density at radius 2 is 2.30 bits per heavy atom. The Bertz CT molecular complexity index is 350. The number of guanidine groups is 1. The molecule has 0 amide bonds. The molecule has 0 aromatic heterocycles. The van der Waals surface area contributed by atoms with Crippen LogP contribution in [0.1, 0.15) is 39.5 Å². The van der Waals surface area contributed by atoms with E-state index in [9.17, 15) is 0 Å². The predicted octanol–water partition coefficient (Wildman–Crippen LogP) is 3.23. The zero-order valence-electron chi connectivity index (χ0n) is 13.3. The molecule has 1 rings (SSSR count). The van der Waals surface area contributed by atoms with Crippen LogP contribution in [0.15, 0.2) is 29.7 Å². The van der Waals surface area contributed by atoms with Gasteiger partial charge < -0.3 is 14.5 Å². The molecule has 4 nitrogen and oxygen atoms in total. The lowest BCUT2D eigenvalue weighted by Crippen LogP contribution is -2.43. The third-order valence-corrected chi connectivity index (χ3v) is 3.30. The molecule has 0 aromatic rings. The van der Waals surface area contributed by atoms with Gasteiger partial charge in [-0.2, -0.15) is 0 Å². The summed E-state index contributed by atoms with van der Waals surface area (Å²) in [5.74, 6) is 1.85. The highest BCUT2D eigenvalue weighted by Gasteiger charge is 2.18. The fourth-order valence-corrected chi connectivity index (χ4v) is 2.22. The van der Waals surface area contributed by atoms with Crippen LogP contribution in [0, 0.1) is 0 Å². The zero-order chi connectivity index (χ0) is 14.8. The molecular formula is C16H29N3O. The van der Waals surface area contributed by atoms with Crippen LogP contribution < -0.4 is 0 Å². The quantitative estimate of drug-likeness (QED) is 0.670. The van der Waals surface area contributed by atoms with Gasteiger partial charge >= 0.3 is 0 Å². The number of unbranched alkanes of at least 4 members (excludes halogenated alkanes) is 1. The van der Waals surface area contributed by atoms with Crippen LogP contribution in [0.5, 0.6) is 0 Å². The number of hydrogen-bond acceptors (Lipinski definition) is 4. The maximum Gasteiger partial charge on any atom is 0.196 e. The van der Waals surface area contributed by atoms with Crippen molar-refractivity contribution in [2.75, 3.05) is 33.2 Å². The first-order valence-corrected chi connectivity index (χ1v) is 7.65. The number of aliphatic imine (C=N–C) groups is 1. The maximum atomic E-state index is 5.45. The summed E-state index contributed by atoms with van der Waals surface area (Å²) in [5.41, 5.74) is 0. The molecule has 1 heterocycles. The Hall–Kier alpha value is -1.45. The first kappa shape index (κ1) is 16.6. The second-order valence-corrected chi connectivity index (χ2v) is 5.21. The zero-order valence-corrected chi connectivity index (χ0v) is 13.3. The van der Waals surface area contributed by atoms with Gasteiger partial charge in [0, 0.05) is 26.7 Å². The Balaban J connectivity index is 2.65. The third kappa shape index (κ3) is 5.68. The van der Waals surface area contributed by atoms with Crippen molar-refractivity contribution in [2.45, 2.75) is 39.5 Å². The molecule has 4 heteroatoms. The molecule has 0 spiro atoms. The van der Waals surface area contributed by atoms with Crippen molar-refractivity contribution in [1.82, 2.24) is 9.80 Å². The van der Waals surface area contributed by atoms with Gasteiger partial charge in [0.2, 0.25) is 0 Å². The summed E-state index contributed by atoms with van der Waals surface area (Å²) in [6.45, 7) is 11.8. The molecule has 0 N–H and O–H groups in total. The number of hydrogen-bond donors (Lipinski definition) is 0. The highest BCUT2D eigenvalue weighted by molar-refractivity contribution is 5.80. The van der Waals surface area contributed by atoms with Crippen molar-refractivity contribution in [1.29, 1.82) is 0 Å². The smallest absolute Gasteiger partial charge is 0.196 e. The van der Waals surface area contributed by atoms with Gasteiger partial charge in [-0.1, -0.05) is 26.0 Å². The molecule has 114 valence electrons. The molecule has 0 unspecified atom stereocenters. The number of ether oxygens (including phenoxy) is 1. The Labute approximate surface area is 123 Å². The normalized spacial score (nSPS) is 15.9. The molecule has 0 aromatic carbocycles. The van der Waals surface area contributed by atoms with E-state index < -0.39 is 0 Å². The molecule has 1 aliphatic rings. The van der Waals surface area contributed by atoms with E-state index in [0.29, 0.717) is 6.54 Å². The predicted molar refractivity (Wildman–Crippen MR) is 85.7 cm³/mol. The average Bonchev–Trinajstić information content (AvgIpc) is 2.68. The molecule has 0 saturated heterocycles. The molecule has 0 aliphatic carbocycles. The number of allylic oxidation sites excluding steroid dienone is 1. The summed E-state index contributed by atoms with van der Waals surface area (Å²) in [4.78, 5) is 9.29. The van der Waals surface area contributed by atoms with Crippen molar-refractivity contribution in [3.05, 3.63) is 24.7 Å². The van der Waals surface area contributed by atoms with Gasteiger partial charge in [0.15, 0.2) is 5.96 Å². The average molecular weight is 279 g/mol. The van der Waals surface area contributed by atoms with Crippen LogP contribution in [-0.4, -0.2) is 49.0 Å². The molecular weight excluding hydrogens is 250 g/mol. The third-order valence-electron chi connectivity index (χ3n) is 3.30. The lowest BCUT2D eigenvalue weighted by Gasteiger charge is -2.31. The minimum Gasteiger partial charge on any atom is -0.468 e. The lowest BCUT2D eigenvalue weighted by molar-refractivity contribution is 0.281. The largest absolute Gasteiger partial charge is 0.468 e. The van der Waals surface area contributed by atoms with Crippen LogP contribution in [0.3, 0.4) is 0 Å². The standard InChI is InChI=1S/C16H29N3O/c1-5-7-11-18(4)16-17-10-8-9-12-19(16)14-15(3)20-13-6-2/h6,13H,3,5,7-12,14H2,1-2,4H3/b13-6-. The SMILES string of the molecule is C=C(CN1CCCCN=C1N(C)CCCC)O/C=C\C. The minimum absolute atomic E-state index is 0.708. The summed E-state index contributed by atoms with van der Waals surface area (Å²) in [6, 6.07) is 0. The molecule has 0 radical (unpaired) electrons. The summed E-state index contributed by atoms with van der Waals surface area (Å²) >= 11 is 0. The molecule has 0 atom stereocenters. The van der Waals surface area contributed by atoms with Gasteiger partial charge in [0.1, 0.15) is 5.76 Å². The Morgan fingerprint density at radius 3 is 3.00 bits per heavy atom. The van der Waals surface area contributed by atoms with E-state index in [0.717, 1.165) is 37.8 Å². The summed E-state index contributed by atoms with van der Waals surface area (Å²) in [5, 5.41) is 0. The van der Waals surface area contributed by atoms with Gasteiger partial charge in [-0.25, -0.2) is 0 Å². The van der Waals surface area contributed by atoms with Crippen LogP contribution >= 0.6 is 0 Å². The Morgan fingerprint density at radius 1 is 1.50 bits per heavy atom. The van der Waals surface area contributed by atoms with Gasteiger partial charge in [-0.05, 0) is 26.2 Å². The highest BCUT2D eigenvalue weighted by atomic mass is 16.5. The van der Waals surface area contributed by atoms with Crippen LogP contribution in [0.25, 0.3) is 0 Å². The van der Waals surface area contributed by atoms with E-state index in [4.69, 9.17) is 9.73 Å². The highest BCUT2D eigenvalue weighted by Crippen LogP contribution is 2.10.